The zero-order valence-corrected chi connectivity index (χ0v) is 29.7. The van der Waals surface area contributed by atoms with E-state index in [0.717, 1.165) is 21.0 Å². The molecule has 2 amide bonds. The molecule has 0 radical (unpaired) electrons. The van der Waals surface area contributed by atoms with E-state index in [9.17, 15) is 18.0 Å². The van der Waals surface area contributed by atoms with Gasteiger partial charge < -0.3 is 10.2 Å². The van der Waals surface area contributed by atoms with Crippen molar-refractivity contribution in [2.75, 3.05) is 10.8 Å². The van der Waals surface area contributed by atoms with Crippen molar-refractivity contribution in [3.8, 4) is 0 Å². The normalized spacial score (nSPS) is 12.7. The summed E-state index contributed by atoms with van der Waals surface area (Å²) in [5.41, 5.74) is 4.21. The molecule has 0 aliphatic rings. The average molecular weight is 695 g/mol. The average Bonchev–Trinajstić information content (AvgIpc) is 3.04. The number of halogens is 2. The van der Waals surface area contributed by atoms with Gasteiger partial charge in [-0.3, -0.25) is 13.9 Å². The van der Waals surface area contributed by atoms with Crippen molar-refractivity contribution in [3.63, 3.8) is 0 Å². The highest BCUT2D eigenvalue weighted by Gasteiger charge is 2.35. The Balaban J connectivity index is 1.86. The number of carbonyl (C=O) groups is 2. The summed E-state index contributed by atoms with van der Waals surface area (Å²) in [6, 6.07) is 25.2. The Bertz CT molecular complexity index is 1820. The second-order valence-corrected chi connectivity index (χ2v) is 14.6. The Hall–Kier alpha value is -3.85. The predicted molar refractivity (Wildman–Crippen MR) is 190 cm³/mol. The highest BCUT2D eigenvalue weighted by molar-refractivity contribution is 7.92. The van der Waals surface area contributed by atoms with Crippen molar-refractivity contribution in [1.82, 2.24) is 10.2 Å². The Kier molecular flexibility index (Phi) is 12.1. The van der Waals surface area contributed by atoms with Gasteiger partial charge >= 0.3 is 0 Å². The van der Waals surface area contributed by atoms with Gasteiger partial charge in [-0.05, 0) is 86.7 Å². The van der Waals surface area contributed by atoms with Crippen molar-refractivity contribution in [2.45, 2.75) is 71.0 Å². The van der Waals surface area contributed by atoms with E-state index in [1.807, 2.05) is 70.2 Å². The number of hydrogen-bond donors (Lipinski definition) is 1. The van der Waals surface area contributed by atoms with Gasteiger partial charge in [0, 0.05) is 29.1 Å². The zero-order valence-electron chi connectivity index (χ0n) is 27.3. The van der Waals surface area contributed by atoms with Crippen LogP contribution in [0.1, 0.15) is 48.1 Å². The third kappa shape index (κ3) is 9.15. The second-order valence-electron chi connectivity index (χ2n) is 11.9. The molecular formula is C37H41Cl2N3O4S. The summed E-state index contributed by atoms with van der Waals surface area (Å²) in [7, 11) is -4.21. The van der Waals surface area contributed by atoms with Crippen molar-refractivity contribution < 1.29 is 18.0 Å². The van der Waals surface area contributed by atoms with E-state index in [0.29, 0.717) is 33.3 Å². The molecule has 10 heteroatoms. The quantitative estimate of drug-likeness (QED) is 0.156. The number of sulfonamides is 1. The number of nitrogens with zero attached hydrogens (tertiary/aromatic N) is 2. The van der Waals surface area contributed by atoms with Crippen LogP contribution in [-0.4, -0.2) is 43.8 Å². The van der Waals surface area contributed by atoms with Gasteiger partial charge in [0.15, 0.2) is 0 Å². The first-order valence-corrected chi connectivity index (χ1v) is 17.7. The first kappa shape index (κ1) is 36.0. The lowest BCUT2D eigenvalue weighted by atomic mass is 10.0. The Morgan fingerprint density at radius 2 is 1.51 bits per heavy atom. The molecule has 248 valence electrons. The Morgan fingerprint density at radius 1 is 0.851 bits per heavy atom. The van der Waals surface area contributed by atoms with Gasteiger partial charge in [-0.25, -0.2) is 8.42 Å². The third-order valence-corrected chi connectivity index (χ3v) is 10.5. The van der Waals surface area contributed by atoms with Crippen molar-refractivity contribution in [2.24, 2.45) is 0 Å². The standard InChI is InChI=1S/C37H41Cl2N3O4S/c1-6-28(5)40-37(44)35(21-29-10-8-7-9-11-29)41(23-30-16-17-31(38)22-33(30)39)36(43)24-42(34-20-26(3)12-15-27(34)4)47(45,46)32-18-13-25(2)14-19-32/h7-20,22,28,35H,6,21,23-24H2,1-5H3,(H,40,44)/t28-,35+/m0/s1. The number of hydrogen-bond acceptors (Lipinski definition) is 4. The molecular weight excluding hydrogens is 653 g/mol. The summed E-state index contributed by atoms with van der Waals surface area (Å²) in [4.78, 5) is 30.2. The van der Waals surface area contributed by atoms with Crippen molar-refractivity contribution >= 4 is 50.7 Å². The minimum atomic E-state index is -4.21. The Labute approximate surface area is 288 Å². The van der Waals surface area contributed by atoms with E-state index < -0.39 is 28.5 Å². The summed E-state index contributed by atoms with van der Waals surface area (Å²) < 4.78 is 29.8. The monoisotopic (exact) mass is 693 g/mol. The molecule has 7 nitrogen and oxygen atoms in total. The number of rotatable bonds is 13. The molecule has 0 spiro atoms. The van der Waals surface area contributed by atoms with Crippen LogP contribution in [0.5, 0.6) is 0 Å². The van der Waals surface area contributed by atoms with Crippen LogP contribution >= 0.6 is 23.2 Å². The molecule has 0 heterocycles. The van der Waals surface area contributed by atoms with Crippen molar-refractivity contribution in [3.05, 3.63) is 129 Å². The third-order valence-electron chi connectivity index (χ3n) is 8.15. The lowest BCUT2D eigenvalue weighted by Gasteiger charge is -2.35. The first-order chi connectivity index (χ1) is 22.3. The summed E-state index contributed by atoms with van der Waals surface area (Å²) in [5, 5.41) is 3.80. The van der Waals surface area contributed by atoms with Gasteiger partial charge in [0.2, 0.25) is 11.8 Å². The number of anilines is 1. The zero-order chi connectivity index (χ0) is 34.3. The smallest absolute Gasteiger partial charge is 0.264 e. The van der Waals surface area contributed by atoms with Crippen LogP contribution in [0.15, 0.2) is 95.9 Å². The van der Waals surface area contributed by atoms with Crippen molar-refractivity contribution in [1.29, 1.82) is 0 Å². The molecule has 0 aromatic heterocycles. The topological polar surface area (TPSA) is 86.8 Å². The van der Waals surface area contributed by atoms with Gasteiger partial charge in [-0.1, -0.05) is 96.4 Å². The number of carbonyl (C=O) groups excluding carboxylic acids is 2. The van der Waals surface area contributed by atoms with E-state index in [4.69, 9.17) is 23.2 Å². The molecule has 0 aliphatic carbocycles. The summed E-state index contributed by atoms with van der Waals surface area (Å²) >= 11 is 12.8. The van der Waals surface area contributed by atoms with E-state index in [1.54, 1.807) is 43.3 Å². The first-order valence-electron chi connectivity index (χ1n) is 15.5. The lowest BCUT2D eigenvalue weighted by Crippen LogP contribution is -2.54. The summed E-state index contributed by atoms with van der Waals surface area (Å²) in [5.74, 6) is -0.908. The number of amides is 2. The minimum Gasteiger partial charge on any atom is -0.352 e. The van der Waals surface area contributed by atoms with Gasteiger partial charge in [-0.2, -0.15) is 0 Å². The molecule has 4 aromatic rings. The maximum atomic E-state index is 14.7. The van der Waals surface area contributed by atoms with E-state index >= 15 is 0 Å². The van der Waals surface area contributed by atoms with Crippen LogP contribution < -0.4 is 9.62 Å². The Morgan fingerprint density at radius 3 is 2.15 bits per heavy atom. The fourth-order valence-electron chi connectivity index (χ4n) is 5.17. The number of benzene rings is 4. The molecule has 1 N–H and O–H groups in total. The van der Waals surface area contributed by atoms with Crippen LogP contribution in [0.3, 0.4) is 0 Å². The maximum absolute atomic E-state index is 14.7. The summed E-state index contributed by atoms with van der Waals surface area (Å²) in [6.45, 7) is 8.81. The van der Waals surface area contributed by atoms with Gasteiger partial charge in [0.05, 0.1) is 10.6 Å². The van der Waals surface area contributed by atoms with E-state index in [-0.39, 0.29) is 29.8 Å². The molecule has 4 aromatic carbocycles. The van der Waals surface area contributed by atoms with E-state index in [1.165, 1.54) is 17.0 Å². The molecule has 0 fully saturated rings. The number of aryl methyl sites for hydroxylation is 3. The molecule has 0 unspecified atom stereocenters. The minimum absolute atomic E-state index is 0.0501. The molecule has 0 bridgehead atoms. The SMILES string of the molecule is CC[C@H](C)NC(=O)[C@@H](Cc1ccccc1)N(Cc1ccc(Cl)cc1Cl)C(=O)CN(c1cc(C)ccc1C)S(=O)(=O)c1ccc(C)cc1. The highest BCUT2D eigenvalue weighted by Crippen LogP contribution is 2.30. The highest BCUT2D eigenvalue weighted by atomic mass is 35.5. The molecule has 2 atom stereocenters. The van der Waals surface area contributed by atoms with Crippen LogP contribution in [-0.2, 0) is 32.6 Å². The fraction of sp³-hybridized carbons (Fsp3) is 0.297. The lowest BCUT2D eigenvalue weighted by molar-refractivity contribution is -0.140. The molecule has 47 heavy (non-hydrogen) atoms. The number of nitrogens with one attached hydrogen (secondary N) is 1. The molecule has 0 saturated heterocycles. The predicted octanol–water partition coefficient (Wildman–Crippen LogP) is 7.67. The van der Waals surface area contributed by atoms with Gasteiger partial charge in [0.1, 0.15) is 12.6 Å². The fourth-order valence-corrected chi connectivity index (χ4v) is 7.11. The molecule has 4 rings (SSSR count). The largest absolute Gasteiger partial charge is 0.352 e. The second kappa shape index (κ2) is 15.8. The van der Waals surface area contributed by atoms with Crippen LogP contribution in [0.4, 0.5) is 5.69 Å². The molecule has 0 saturated carbocycles. The van der Waals surface area contributed by atoms with Crippen LogP contribution in [0.25, 0.3) is 0 Å². The summed E-state index contributed by atoms with van der Waals surface area (Å²) in [6.07, 6.45) is 0.893. The van der Waals surface area contributed by atoms with Gasteiger partial charge in [0.25, 0.3) is 10.0 Å². The molecule has 0 aliphatic heterocycles. The van der Waals surface area contributed by atoms with Crippen LogP contribution in [0.2, 0.25) is 10.0 Å². The van der Waals surface area contributed by atoms with E-state index in [2.05, 4.69) is 5.32 Å². The maximum Gasteiger partial charge on any atom is 0.264 e. The van der Waals surface area contributed by atoms with Crippen LogP contribution in [0, 0.1) is 20.8 Å². The van der Waals surface area contributed by atoms with Gasteiger partial charge in [-0.15, -0.1) is 0 Å².